The van der Waals surface area contributed by atoms with Crippen molar-refractivity contribution in [3.63, 3.8) is 0 Å². The van der Waals surface area contributed by atoms with Crippen molar-refractivity contribution in [1.29, 1.82) is 0 Å². The third kappa shape index (κ3) is 3.67. The molecule has 0 spiro atoms. The fourth-order valence-corrected chi connectivity index (χ4v) is 2.73. The topological polar surface area (TPSA) is 69.4 Å². The van der Waals surface area contributed by atoms with E-state index in [4.69, 9.17) is 14.0 Å². The van der Waals surface area contributed by atoms with E-state index in [-0.39, 0.29) is 11.9 Å². The first kappa shape index (κ1) is 15.4. The molecule has 0 bridgehead atoms. The number of benzene rings is 1. The van der Waals surface area contributed by atoms with Crippen LogP contribution in [0.15, 0.2) is 22.7 Å². The predicted octanol–water partition coefficient (Wildman–Crippen LogP) is 3.26. The second-order valence-corrected chi connectivity index (χ2v) is 6.26. The lowest BCUT2D eigenvalue weighted by atomic mass is 10.2. The Hall–Kier alpha value is -2.15. The minimum absolute atomic E-state index is 0.112. The number of hydrogen-bond donors (Lipinski definition) is 1. The zero-order valence-corrected chi connectivity index (χ0v) is 13.3. The second kappa shape index (κ2) is 6.76. The molecule has 1 saturated heterocycles. The van der Waals surface area contributed by atoms with Crippen LogP contribution >= 0.6 is 0 Å². The first-order valence-corrected chi connectivity index (χ1v) is 8.38. The summed E-state index contributed by atoms with van der Waals surface area (Å²) in [7, 11) is 0. The van der Waals surface area contributed by atoms with Gasteiger partial charge in [0.1, 0.15) is 18.2 Å². The summed E-state index contributed by atoms with van der Waals surface area (Å²) in [6, 6.07) is 4.42. The third-order valence-corrected chi connectivity index (χ3v) is 4.24. The van der Waals surface area contributed by atoms with Gasteiger partial charge in [0.05, 0.1) is 18.3 Å². The molecule has 2 fully saturated rings. The molecule has 6 nitrogen and oxygen atoms in total. The molecular formula is C17H20FN3O3. The monoisotopic (exact) mass is 333 g/mol. The van der Waals surface area contributed by atoms with Gasteiger partial charge in [-0.25, -0.2) is 4.39 Å². The van der Waals surface area contributed by atoms with Gasteiger partial charge in [-0.3, -0.25) is 0 Å². The van der Waals surface area contributed by atoms with Gasteiger partial charge in [-0.2, -0.15) is 4.98 Å². The van der Waals surface area contributed by atoms with Crippen LogP contribution in [0.3, 0.4) is 0 Å². The summed E-state index contributed by atoms with van der Waals surface area (Å²) in [5.74, 6) is 1.95. The Balaban J connectivity index is 1.39. The summed E-state index contributed by atoms with van der Waals surface area (Å²) in [5, 5.41) is 7.08. The van der Waals surface area contributed by atoms with E-state index in [0.29, 0.717) is 42.2 Å². The van der Waals surface area contributed by atoms with Crippen LogP contribution in [0.2, 0.25) is 0 Å². The highest BCUT2D eigenvalue weighted by atomic mass is 19.1. The van der Waals surface area contributed by atoms with Crippen molar-refractivity contribution in [2.75, 3.05) is 18.5 Å². The summed E-state index contributed by atoms with van der Waals surface area (Å²) in [4.78, 5) is 4.35. The Labute approximate surface area is 139 Å². The van der Waals surface area contributed by atoms with Crippen LogP contribution in [0.1, 0.15) is 43.3 Å². The Bertz CT molecular complexity index is 696. The molecule has 2 heterocycles. The summed E-state index contributed by atoms with van der Waals surface area (Å²) in [6.07, 6.45) is 4.39. The smallest absolute Gasteiger partial charge is 0.229 e. The minimum atomic E-state index is -0.325. The van der Waals surface area contributed by atoms with E-state index >= 15 is 0 Å². The molecule has 1 N–H and O–H groups in total. The molecular weight excluding hydrogens is 313 g/mol. The maximum Gasteiger partial charge on any atom is 0.229 e. The summed E-state index contributed by atoms with van der Waals surface area (Å²) >= 11 is 0. The normalized spacial score (nSPS) is 20.3. The molecule has 2 aromatic rings. The van der Waals surface area contributed by atoms with Crippen LogP contribution in [-0.4, -0.2) is 29.5 Å². The van der Waals surface area contributed by atoms with Gasteiger partial charge < -0.3 is 19.3 Å². The third-order valence-electron chi connectivity index (χ3n) is 4.24. The molecule has 1 aromatic heterocycles. The number of nitrogens with zero attached hydrogens (tertiary/aromatic N) is 2. The first-order valence-electron chi connectivity index (χ1n) is 8.38. The highest BCUT2D eigenvalue weighted by Crippen LogP contribution is 2.38. The van der Waals surface area contributed by atoms with Crippen molar-refractivity contribution in [3.8, 4) is 5.75 Å². The zero-order chi connectivity index (χ0) is 16.4. The Morgan fingerprint density at radius 1 is 1.29 bits per heavy atom. The van der Waals surface area contributed by atoms with Gasteiger partial charge in [-0.1, -0.05) is 5.16 Å². The summed E-state index contributed by atoms with van der Waals surface area (Å²) in [5.41, 5.74) is 0.575. The number of aromatic nitrogens is 2. The maximum absolute atomic E-state index is 13.6. The van der Waals surface area contributed by atoms with Gasteiger partial charge in [-0.15, -0.1) is 0 Å². The van der Waals surface area contributed by atoms with E-state index in [0.717, 1.165) is 32.3 Å². The molecule has 1 aliphatic heterocycles. The molecule has 4 rings (SSSR count). The van der Waals surface area contributed by atoms with E-state index < -0.39 is 0 Å². The SMILES string of the molecule is Fc1ccc(OC[C@H]2CCCO2)c(NCc2noc(C3CC3)n2)c1. The predicted molar refractivity (Wildman–Crippen MR) is 84.5 cm³/mol. The van der Waals surface area contributed by atoms with Crippen molar-refractivity contribution in [3.05, 3.63) is 35.7 Å². The summed E-state index contributed by atoms with van der Waals surface area (Å²) < 4.78 is 30.1. The number of nitrogens with one attached hydrogen (secondary N) is 1. The van der Waals surface area contributed by atoms with Crippen molar-refractivity contribution >= 4 is 5.69 Å². The van der Waals surface area contributed by atoms with Crippen molar-refractivity contribution in [2.45, 2.75) is 44.2 Å². The highest BCUT2D eigenvalue weighted by molar-refractivity contribution is 5.56. The van der Waals surface area contributed by atoms with E-state index in [1.54, 1.807) is 6.07 Å². The molecule has 0 radical (unpaired) electrons. The average molecular weight is 333 g/mol. The molecule has 1 aliphatic carbocycles. The standard InChI is InChI=1S/C17H20FN3O3/c18-12-5-6-15(23-10-13-2-1-7-22-13)14(8-12)19-9-16-20-17(24-21-16)11-3-4-11/h5-6,8,11,13,19H,1-4,7,9-10H2/t13-/m1/s1. The fourth-order valence-electron chi connectivity index (χ4n) is 2.73. The fraction of sp³-hybridized carbons (Fsp3) is 0.529. The molecule has 1 aromatic carbocycles. The van der Waals surface area contributed by atoms with Crippen LogP contribution in [0, 0.1) is 5.82 Å². The van der Waals surface area contributed by atoms with Gasteiger partial charge in [0.15, 0.2) is 5.82 Å². The highest BCUT2D eigenvalue weighted by Gasteiger charge is 2.29. The Kier molecular flexibility index (Phi) is 4.34. The van der Waals surface area contributed by atoms with Crippen LogP contribution in [0.4, 0.5) is 10.1 Å². The molecule has 1 saturated carbocycles. The quantitative estimate of drug-likeness (QED) is 0.839. The van der Waals surface area contributed by atoms with Gasteiger partial charge in [0.25, 0.3) is 0 Å². The molecule has 7 heteroatoms. The van der Waals surface area contributed by atoms with Crippen molar-refractivity contribution in [1.82, 2.24) is 10.1 Å². The van der Waals surface area contributed by atoms with Crippen molar-refractivity contribution in [2.24, 2.45) is 0 Å². The number of ether oxygens (including phenoxy) is 2. The molecule has 2 aliphatic rings. The number of halogens is 1. The van der Waals surface area contributed by atoms with E-state index in [1.165, 1.54) is 12.1 Å². The maximum atomic E-state index is 13.6. The van der Waals surface area contributed by atoms with Crippen LogP contribution in [-0.2, 0) is 11.3 Å². The Morgan fingerprint density at radius 3 is 3.00 bits per heavy atom. The van der Waals surface area contributed by atoms with Crippen LogP contribution < -0.4 is 10.1 Å². The molecule has 24 heavy (non-hydrogen) atoms. The Morgan fingerprint density at radius 2 is 2.21 bits per heavy atom. The molecule has 128 valence electrons. The zero-order valence-electron chi connectivity index (χ0n) is 13.3. The van der Waals surface area contributed by atoms with Gasteiger partial charge in [-0.05, 0) is 37.8 Å². The lowest BCUT2D eigenvalue weighted by Crippen LogP contribution is -2.17. The van der Waals surface area contributed by atoms with Gasteiger partial charge >= 0.3 is 0 Å². The van der Waals surface area contributed by atoms with Crippen LogP contribution in [0.5, 0.6) is 5.75 Å². The number of hydrogen-bond acceptors (Lipinski definition) is 6. The minimum Gasteiger partial charge on any atom is -0.489 e. The van der Waals surface area contributed by atoms with E-state index in [2.05, 4.69) is 15.5 Å². The first-order chi connectivity index (χ1) is 11.8. The largest absolute Gasteiger partial charge is 0.489 e. The summed E-state index contributed by atoms with van der Waals surface area (Å²) in [6.45, 7) is 1.61. The second-order valence-electron chi connectivity index (χ2n) is 6.26. The van der Waals surface area contributed by atoms with Gasteiger partial charge in [0, 0.05) is 18.6 Å². The molecule has 0 amide bonds. The van der Waals surface area contributed by atoms with E-state index in [1.807, 2.05) is 0 Å². The lowest BCUT2D eigenvalue weighted by Gasteiger charge is -2.15. The van der Waals surface area contributed by atoms with E-state index in [9.17, 15) is 4.39 Å². The number of rotatable bonds is 7. The molecule has 0 unspecified atom stereocenters. The van der Waals surface area contributed by atoms with Crippen molar-refractivity contribution < 1.29 is 18.4 Å². The molecule has 1 atom stereocenters. The lowest BCUT2D eigenvalue weighted by molar-refractivity contribution is 0.0682. The number of anilines is 1. The van der Waals surface area contributed by atoms with Gasteiger partial charge in [0.2, 0.25) is 5.89 Å². The average Bonchev–Trinajstić information content (AvgIpc) is 3.10. The van der Waals surface area contributed by atoms with Crippen LogP contribution in [0.25, 0.3) is 0 Å².